The maximum absolute atomic E-state index is 13.6. The zero-order chi connectivity index (χ0) is 22.4. The molecular formula is C23H18ClFN2O2S2. The molecule has 158 valence electrons. The van der Waals surface area contributed by atoms with Crippen LogP contribution in [0.2, 0.25) is 5.02 Å². The summed E-state index contributed by atoms with van der Waals surface area (Å²) in [6.07, 6.45) is 0. The van der Waals surface area contributed by atoms with E-state index in [9.17, 15) is 18.1 Å². The summed E-state index contributed by atoms with van der Waals surface area (Å²) in [7, 11) is -4.08. The number of thioether (sulfide) groups is 1. The second-order valence-electron chi connectivity index (χ2n) is 6.54. The third kappa shape index (κ3) is 5.47. The lowest BCUT2D eigenvalue weighted by atomic mass is 10.2. The minimum atomic E-state index is -4.08. The van der Waals surface area contributed by atoms with E-state index in [2.05, 4.69) is 5.32 Å². The minimum absolute atomic E-state index is 0.0139. The molecule has 0 spiro atoms. The van der Waals surface area contributed by atoms with Crippen molar-refractivity contribution in [3.8, 4) is 6.07 Å². The van der Waals surface area contributed by atoms with Gasteiger partial charge in [-0.3, -0.25) is 0 Å². The molecule has 0 fully saturated rings. The van der Waals surface area contributed by atoms with E-state index in [0.717, 1.165) is 11.8 Å². The number of rotatable bonds is 7. The van der Waals surface area contributed by atoms with E-state index in [1.165, 1.54) is 24.3 Å². The Morgan fingerprint density at radius 3 is 2.48 bits per heavy atom. The average molecular weight is 473 g/mol. The molecule has 0 saturated carbocycles. The monoisotopic (exact) mass is 472 g/mol. The molecule has 31 heavy (non-hydrogen) atoms. The van der Waals surface area contributed by atoms with E-state index in [0.29, 0.717) is 21.8 Å². The van der Waals surface area contributed by atoms with Crippen molar-refractivity contribution < 1.29 is 12.8 Å². The molecule has 0 amide bonds. The first-order valence-corrected chi connectivity index (χ1v) is 12.0. The van der Waals surface area contributed by atoms with Crippen LogP contribution in [0.15, 0.2) is 87.6 Å². The van der Waals surface area contributed by atoms with Gasteiger partial charge in [-0.2, -0.15) is 5.26 Å². The average Bonchev–Trinajstić information content (AvgIpc) is 2.76. The predicted molar refractivity (Wildman–Crippen MR) is 124 cm³/mol. The van der Waals surface area contributed by atoms with Crippen molar-refractivity contribution in [2.45, 2.75) is 17.6 Å². The Bertz CT molecular complexity index is 1270. The van der Waals surface area contributed by atoms with Crippen molar-refractivity contribution in [2.24, 2.45) is 0 Å². The molecule has 3 rings (SSSR count). The van der Waals surface area contributed by atoms with Gasteiger partial charge in [0, 0.05) is 16.5 Å². The summed E-state index contributed by atoms with van der Waals surface area (Å²) in [6.45, 7) is 1.79. The van der Waals surface area contributed by atoms with E-state index >= 15 is 0 Å². The fourth-order valence-corrected chi connectivity index (χ4v) is 5.45. The summed E-state index contributed by atoms with van der Waals surface area (Å²) < 4.78 is 40.0. The third-order valence-corrected chi connectivity index (χ3v) is 7.75. The van der Waals surface area contributed by atoms with Gasteiger partial charge in [-0.05, 0) is 54.4 Å². The minimum Gasteiger partial charge on any atom is -0.348 e. The second-order valence-corrected chi connectivity index (χ2v) is 9.82. The molecular weight excluding hydrogens is 455 g/mol. The highest BCUT2D eigenvalue weighted by atomic mass is 35.5. The second kappa shape index (κ2) is 10.0. The molecule has 0 aliphatic rings. The highest BCUT2D eigenvalue weighted by Gasteiger charge is 2.26. The Kier molecular flexibility index (Phi) is 7.39. The number of hydrogen-bond acceptors (Lipinski definition) is 5. The molecule has 4 nitrogen and oxygen atoms in total. The van der Waals surface area contributed by atoms with Gasteiger partial charge in [-0.1, -0.05) is 48.0 Å². The fourth-order valence-electron chi connectivity index (χ4n) is 2.76. The summed E-state index contributed by atoms with van der Waals surface area (Å²) in [4.78, 5) is -0.403. The van der Waals surface area contributed by atoms with E-state index in [1.54, 1.807) is 55.5 Å². The number of halogens is 2. The highest BCUT2D eigenvalue weighted by molar-refractivity contribution is 8.04. The SMILES string of the molecule is Cc1c(Cl)cccc1NC(SCc1cccc(F)c1)=C(C#N)S(=O)(=O)c1ccccc1. The Hall–Kier alpha value is -2.79. The summed E-state index contributed by atoms with van der Waals surface area (Å²) in [6, 6.07) is 20.8. The first kappa shape index (κ1) is 22.9. The molecule has 0 bridgehead atoms. The van der Waals surface area contributed by atoms with E-state index in [4.69, 9.17) is 11.6 Å². The van der Waals surface area contributed by atoms with Crippen LogP contribution in [-0.2, 0) is 15.6 Å². The quantitative estimate of drug-likeness (QED) is 0.408. The van der Waals surface area contributed by atoms with Crippen LogP contribution < -0.4 is 5.32 Å². The lowest BCUT2D eigenvalue weighted by Gasteiger charge is -2.16. The van der Waals surface area contributed by atoms with Crippen molar-refractivity contribution in [2.75, 3.05) is 5.32 Å². The molecule has 0 saturated heterocycles. The van der Waals surface area contributed by atoms with E-state index in [1.807, 2.05) is 6.07 Å². The highest BCUT2D eigenvalue weighted by Crippen LogP contribution is 2.33. The molecule has 1 N–H and O–H groups in total. The Morgan fingerprint density at radius 1 is 1.10 bits per heavy atom. The molecule has 0 heterocycles. The molecule has 3 aromatic carbocycles. The van der Waals surface area contributed by atoms with Gasteiger partial charge in [-0.15, -0.1) is 11.8 Å². The van der Waals surface area contributed by atoms with Gasteiger partial charge in [0.25, 0.3) is 0 Å². The molecule has 0 aliphatic carbocycles. The van der Waals surface area contributed by atoms with Crippen LogP contribution in [0.4, 0.5) is 10.1 Å². The van der Waals surface area contributed by atoms with E-state index in [-0.39, 0.29) is 21.5 Å². The summed E-state index contributed by atoms with van der Waals surface area (Å²) >= 11 is 7.30. The number of nitriles is 1. The lowest BCUT2D eigenvalue weighted by Crippen LogP contribution is -2.11. The third-order valence-electron chi connectivity index (χ3n) is 4.42. The molecule has 8 heteroatoms. The van der Waals surface area contributed by atoms with Gasteiger partial charge in [-0.25, -0.2) is 12.8 Å². The molecule has 0 unspecified atom stereocenters. The van der Waals surface area contributed by atoms with Gasteiger partial charge in [0.05, 0.1) is 4.90 Å². The lowest BCUT2D eigenvalue weighted by molar-refractivity contribution is 0.603. The van der Waals surface area contributed by atoms with Gasteiger partial charge in [0.15, 0.2) is 4.91 Å². The topological polar surface area (TPSA) is 70.0 Å². The molecule has 3 aromatic rings. The van der Waals surface area contributed by atoms with Crippen LogP contribution >= 0.6 is 23.4 Å². The van der Waals surface area contributed by atoms with Gasteiger partial charge in [0.1, 0.15) is 16.9 Å². The number of nitrogens with zero attached hydrogens (tertiary/aromatic N) is 1. The summed E-state index contributed by atoms with van der Waals surface area (Å²) in [5.74, 6) is -0.130. The summed E-state index contributed by atoms with van der Waals surface area (Å²) in [5.41, 5.74) is 1.94. The van der Waals surface area contributed by atoms with Crippen molar-refractivity contribution in [3.05, 3.63) is 105 Å². The first-order chi connectivity index (χ1) is 14.8. The van der Waals surface area contributed by atoms with Crippen LogP contribution in [0.1, 0.15) is 11.1 Å². The first-order valence-electron chi connectivity index (χ1n) is 9.17. The number of hydrogen-bond donors (Lipinski definition) is 1. The zero-order valence-electron chi connectivity index (χ0n) is 16.5. The van der Waals surface area contributed by atoms with E-state index < -0.39 is 14.7 Å². The zero-order valence-corrected chi connectivity index (χ0v) is 18.9. The van der Waals surface area contributed by atoms with Crippen LogP contribution in [0.3, 0.4) is 0 Å². The molecule has 0 aromatic heterocycles. The smallest absolute Gasteiger partial charge is 0.219 e. The number of sulfone groups is 1. The van der Waals surface area contributed by atoms with Gasteiger partial charge < -0.3 is 5.32 Å². The largest absolute Gasteiger partial charge is 0.348 e. The van der Waals surface area contributed by atoms with Gasteiger partial charge >= 0.3 is 0 Å². The standard InChI is InChI=1S/C23H18ClFN2O2S2/c1-16-20(24)11-6-12-21(16)27-23(30-15-17-7-5-8-18(25)13-17)22(14-26)31(28,29)19-9-3-2-4-10-19/h2-13,27H,15H2,1H3. The van der Waals surface area contributed by atoms with Crippen LogP contribution in [0.25, 0.3) is 0 Å². The molecule has 0 radical (unpaired) electrons. The molecule has 0 aliphatic heterocycles. The molecule has 0 atom stereocenters. The van der Waals surface area contributed by atoms with Crippen molar-refractivity contribution in [1.29, 1.82) is 5.26 Å². The number of nitrogens with one attached hydrogen (secondary N) is 1. The normalized spacial score (nSPS) is 12.1. The van der Waals surface area contributed by atoms with Crippen molar-refractivity contribution >= 4 is 38.9 Å². The van der Waals surface area contributed by atoms with Crippen LogP contribution in [-0.4, -0.2) is 8.42 Å². The number of benzene rings is 3. The predicted octanol–water partition coefficient (Wildman–Crippen LogP) is 6.30. The maximum atomic E-state index is 13.6. The Morgan fingerprint density at radius 2 is 1.81 bits per heavy atom. The van der Waals surface area contributed by atoms with Gasteiger partial charge in [0.2, 0.25) is 9.84 Å². The van der Waals surface area contributed by atoms with Crippen LogP contribution in [0, 0.1) is 24.1 Å². The Balaban J connectivity index is 2.08. The summed E-state index contributed by atoms with van der Waals surface area (Å²) in [5, 5.41) is 13.5. The number of allylic oxidation sites excluding steroid dienone is 1. The Labute approximate surface area is 190 Å². The van der Waals surface area contributed by atoms with Crippen LogP contribution in [0.5, 0.6) is 0 Å². The van der Waals surface area contributed by atoms with Crippen molar-refractivity contribution in [1.82, 2.24) is 0 Å². The maximum Gasteiger partial charge on any atom is 0.219 e. The fraction of sp³-hybridized carbons (Fsp3) is 0.0870. The van der Waals surface area contributed by atoms with Crippen molar-refractivity contribution in [3.63, 3.8) is 0 Å². The number of anilines is 1.